The lowest BCUT2D eigenvalue weighted by atomic mass is 9.98. The van der Waals surface area contributed by atoms with Crippen molar-refractivity contribution in [1.29, 1.82) is 0 Å². The average molecular weight is 343 g/mol. The summed E-state index contributed by atoms with van der Waals surface area (Å²) in [6.07, 6.45) is 4.01. The SMILES string of the molecule is O=C(CC1CSCCN1)N1CCCCC1c1cc2ccccc2[nH]1. The van der Waals surface area contributed by atoms with Crippen LogP contribution in [-0.2, 0) is 4.79 Å². The van der Waals surface area contributed by atoms with Gasteiger partial charge in [0.25, 0.3) is 0 Å². The monoisotopic (exact) mass is 343 g/mol. The lowest BCUT2D eigenvalue weighted by Gasteiger charge is -2.36. The minimum Gasteiger partial charge on any atom is -0.357 e. The van der Waals surface area contributed by atoms with E-state index in [-0.39, 0.29) is 6.04 Å². The Morgan fingerprint density at radius 2 is 2.21 bits per heavy atom. The van der Waals surface area contributed by atoms with E-state index in [9.17, 15) is 4.79 Å². The first-order valence-electron chi connectivity index (χ1n) is 8.99. The van der Waals surface area contributed by atoms with E-state index in [1.54, 1.807) is 0 Å². The minimum absolute atomic E-state index is 0.204. The maximum Gasteiger partial charge on any atom is 0.224 e. The van der Waals surface area contributed by atoms with Gasteiger partial charge in [0, 0.05) is 48.3 Å². The molecule has 128 valence electrons. The molecule has 0 saturated carbocycles. The number of piperidine rings is 1. The van der Waals surface area contributed by atoms with E-state index in [0.29, 0.717) is 18.4 Å². The Labute approximate surface area is 147 Å². The summed E-state index contributed by atoms with van der Waals surface area (Å²) in [5.74, 6) is 2.52. The van der Waals surface area contributed by atoms with Crippen LogP contribution in [0.1, 0.15) is 37.4 Å². The summed E-state index contributed by atoms with van der Waals surface area (Å²) in [4.78, 5) is 18.6. The Morgan fingerprint density at radius 3 is 3.04 bits per heavy atom. The summed E-state index contributed by atoms with van der Waals surface area (Å²) < 4.78 is 0. The highest BCUT2D eigenvalue weighted by Gasteiger charge is 2.30. The van der Waals surface area contributed by atoms with Gasteiger partial charge in [-0.25, -0.2) is 0 Å². The van der Waals surface area contributed by atoms with Crippen molar-refractivity contribution in [2.24, 2.45) is 0 Å². The fourth-order valence-electron chi connectivity index (χ4n) is 3.91. The minimum atomic E-state index is 0.204. The van der Waals surface area contributed by atoms with Gasteiger partial charge in [-0.2, -0.15) is 11.8 Å². The number of carbonyl (C=O) groups is 1. The number of hydrogen-bond donors (Lipinski definition) is 2. The molecule has 3 heterocycles. The van der Waals surface area contributed by atoms with Gasteiger partial charge in [-0.05, 0) is 36.8 Å². The van der Waals surface area contributed by atoms with Gasteiger partial charge in [-0.3, -0.25) is 4.79 Å². The Bertz CT molecular complexity index is 674. The number of aromatic nitrogens is 1. The van der Waals surface area contributed by atoms with E-state index >= 15 is 0 Å². The Hall–Kier alpha value is -1.46. The standard InChI is InChI=1S/C19H25N3OS/c23-19(12-15-13-24-10-8-20-15)22-9-4-3-7-18(22)17-11-14-5-1-2-6-16(14)21-17/h1-2,5-6,11,15,18,20-21H,3-4,7-10,12-13H2. The predicted molar refractivity (Wildman–Crippen MR) is 100 cm³/mol. The van der Waals surface area contributed by atoms with Crippen LogP contribution in [0, 0.1) is 0 Å². The van der Waals surface area contributed by atoms with Crippen molar-refractivity contribution in [2.75, 3.05) is 24.6 Å². The van der Waals surface area contributed by atoms with Gasteiger partial charge in [0.15, 0.2) is 0 Å². The molecule has 1 amide bonds. The molecule has 2 aromatic rings. The number of para-hydroxylation sites is 1. The quantitative estimate of drug-likeness (QED) is 0.899. The van der Waals surface area contributed by atoms with Crippen LogP contribution in [0.25, 0.3) is 10.9 Å². The molecule has 24 heavy (non-hydrogen) atoms. The van der Waals surface area contributed by atoms with Gasteiger partial charge in [0.05, 0.1) is 6.04 Å². The molecule has 0 spiro atoms. The lowest BCUT2D eigenvalue weighted by molar-refractivity contribution is -0.135. The number of fused-ring (bicyclic) bond motifs is 1. The zero-order chi connectivity index (χ0) is 16.4. The Morgan fingerprint density at radius 1 is 1.29 bits per heavy atom. The Kier molecular flexibility index (Phi) is 4.81. The molecular formula is C19H25N3OS. The van der Waals surface area contributed by atoms with Gasteiger partial charge in [-0.15, -0.1) is 0 Å². The van der Waals surface area contributed by atoms with Crippen LogP contribution in [0.2, 0.25) is 0 Å². The smallest absolute Gasteiger partial charge is 0.224 e. The van der Waals surface area contributed by atoms with Gasteiger partial charge in [0.2, 0.25) is 5.91 Å². The molecule has 4 nitrogen and oxygen atoms in total. The third kappa shape index (κ3) is 3.33. The van der Waals surface area contributed by atoms with Crippen LogP contribution in [0.3, 0.4) is 0 Å². The normalized spacial score (nSPS) is 25.1. The number of aromatic amines is 1. The molecule has 2 aliphatic heterocycles. The third-order valence-corrected chi connectivity index (χ3v) is 6.28. The summed E-state index contributed by atoms with van der Waals surface area (Å²) in [5, 5.41) is 4.72. The highest BCUT2D eigenvalue weighted by Crippen LogP contribution is 2.33. The second-order valence-electron chi connectivity index (χ2n) is 6.84. The number of thioether (sulfide) groups is 1. The summed E-state index contributed by atoms with van der Waals surface area (Å²) in [5.41, 5.74) is 2.35. The first kappa shape index (κ1) is 16.0. The van der Waals surface area contributed by atoms with Crippen molar-refractivity contribution in [1.82, 2.24) is 15.2 Å². The number of benzene rings is 1. The van der Waals surface area contributed by atoms with Crippen LogP contribution in [-0.4, -0.2) is 46.4 Å². The summed E-state index contributed by atoms with van der Waals surface area (Å²) in [7, 11) is 0. The van der Waals surface area contributed by atoms with Crippen molar-refractivity contribution >= 4 is 28.6 Å². The van der Waals surface area contributed by atoms with Crippen LogP contribution < -0.4 is 5.32 Å². The number of nitrogens with one attached hydrogen (secondary N) is 2. The highest BCUT2D eigenvalue weighted by atomic mass is 32.2. The second-order valence-corrected chi connectivity index (χ2v) is 7.99. The maximum absolute atomic E-state index is 12.9. The summed E-state index contributed by atoms with van der Waals surface area (Å²) >= 11 is 1.95. The number of rotatable bonds is 3. The van der Waals surface area contributed by atoms with Crippen molar-refractivity contribution in [3.05, 3.63) is 36.0 Å². The second kappa shape index (κ2) is 7.19. The predicted octanol–water partition coefficient (Wildman–Crippen LogP) is 3.32. The molecule has 2 saturated heterocycles. The molecule has 2 aliphatic rings. The third-order valence-electron chi connectivity index (χ3n) is 5.15. The van der Waals surface area contributed by atoms with Crippen LogP contribution in [0.5, 0.6) is 0 Å². The molecule has 2 unspecified atom stereocenters. The molecule has 0 radical (unpaired) electrons. The molecule has 2 fully saturated rings. The topological polar surface area (TPSA) is 48.1 Å². The molecule has 1 aromatic carbocycles. The van der Waals surface area contributed by atoms with Crippen molar-refractivity contribution in [2.45, 2.75) is 37.8 Å². The number of nitrogens with zero attached hydrogens (tertiary/aromatic N) is 1. The molecule has 1 aromatic heterocycles. The van der Waals surface area contributed by atoms with Crippen molar-refractivity contribution in [3.63, 3.8) is 0 Å². The van der Waals surface area contributed by atoms with E-state index in [4.69, 9.17) is 0 Å². The van der Waals surface area contributed by atoms with E-state index < -0.39 is 0 Å². The molecular weight excluding hydrogens is 318 g/mol. The highest BCUT2D eigenvalue weighted by molar-refractivity contribution is 7.99. The fraction of sp³-hybridized carbons (Fsp3) is 0.526. The molecule has 2 atom stereocenters. The maximum atomic E-state index is 12.9. The first-order valence-corrected chi connectivity index (χ1v) is 10.1. The van der Waals surface area contributed by atoms with E-state index in [0.717, 1.165) is 43.0 Å². The van der Waals surface area contributed by atoms with Crippen LogP contribution in [0.4, 0.5) is 0 Å². The van der Waals surface area contributed by atoms with E-state index in [2.05, 4.69) is 45.5 Å². The largest absolute Gasteiger partial charge is 0.357 e. The number of H-pyrrole nitrogens is 1. The first-order chi connectivity index (χ1) is 11.8. The zero-order valence-electron chi connectivity index (χ0n) is 14.0. The Balaban J connectivity index is 1.52. The molecule has 2 N–H and O–H groups in total. The van der Waals surface area contributed by atoms with E-state index in [1.807, 2.05) is 11.8 Å². The van der Waals surface area contributed by atoms with Crippen LogP contribution in [0.15, 0.2) is 30.3 Å². The molecule has 5 heteroatoms. The van der Waals surface area contributed by atoms with E-state index in [1.165, 1.54) is 17.5 Å². The number of likely N-dealkylation sites (tertiary alicyclic amines) is 1. The fourth-order valence-corrected chi connectivity index (χ4v) is 4.86. The van der Waals surface area contributed by atoms with Crippen LogP contribution >= 0.6 is 11.8 Å². The number of carbonyl (C=O) groups excluding carboxylic acids is 1. The summed E-state index contributed by atoms with van der Waals surface area (Å²) in [6, 6.07) is 11.1. The van der Waals surface area contributed by atoms with Gasteiger partial charge in [-0.1, -0.05) is 18.2 Å². The molecule has 4 rings (SSSR count). The zero-order valence-corrected chi connectivity index (χ0v) is 14.8. The summed E-state index contributed by atoms with van der Waals surface area (Å²) in [6.45, 7) is 1.91. The average Bonchev–Trinajstić information content (AvgIpc) is 3.06. The van der Waals surface area contributed by atoms with Gasteiger partial charge >= 0.3 is 0 Å². The molecule has 0 aliphatic carbocycles. The number of hydrogen-bond acceptors (Lipinski definition) is 3. The van der Waals surface area contributed by atoms with Crippen molar-refractivity contribution in [3.8, 4) is 0 Å². The van der Waals surface area contributed by atoms with Crippen molar-refractivity contribution < 1.29 is 4.79 Å². The molecule has 0 bridgehead atoms. The van der Waals surface area contributed by atoms with Gasteiger partial charge in [0.1, 0.15) is 0 Å². The lowest BCUT2D eigenvalue weighted by Crippen LogP contribution is -2.45. The van der Waals surface area contributed by atoms with Gasteiger partial charge < -0.3 is 15.2 Å². The number of amides is 1.